The van der Waals surface area contributed by atoms with Crippen molar-refractivity contribution in [3.8, 4) is 5.75 Å². The summed E-state index contributed by atoms with van der Waals surface area (Å²) in [5.74, 6) is 0.705. The summed E-state index contributed by atoms with van der Waals surface area (Å²) in [5, 5.41) is 3.60. The number of rotatable bonds is 3. The molecule has 0 saturated carbocycles. The summed E-state index contributed by atoms with van der Waals surface area (Å²) in [5.41, 5.74) is 0. The molecule has 2 aliphatic heterocycles. The van der Waals surface area contributed by atoms with Crippen molar-refractivity contribution in [2.24, 2.45) is 5.92 Å². The lowest BCUT2D eigenvalue weighted by molar-refractivity contribution is 0.185. The average Bonchev–Trinajstić information content (AvgIpc) is 2.68. The Morgan fingerprint density at radius 2 is 1.83 bits per heavy atom. The van der Waals surface area contributed by atoms with E-state index in [9.17, 15) is 4.39 Å². The molecule has 1 aromatic rings. The van der Waals surface area contributed by atoms with Crippen molar-refractivity contribution in [1.29, 1.82) is 0 Å². The molecule has 2 saturated heterocycles. The summed E-state index contributed by atoms with van der Waals surface area (Å²) in [6.07, 6.45) is 4.93. The standard InChI is InChI=1S/C14H18FNO.ClH/c15-13-3-1-2-4-14(13)17-9-10-7-11-5-6-12(8-10)16-11;/h1-4,10-12,16H,5-9H2;1H/t10?,11-,12+;. The monoisotopic (exact) mass is 271 g/mol. The van der Waals surface area contributed by atoms with Gasteiger partial charge in [0.15, 0.2) is 11.6 Å². The Morgan fingerprint density at radius 1 is 1.17 bits per heavy atom. The van der Waals surface area contributed by atoms with Gasteiger partial charge in [-0.15, -0.1) is 12.4 Å². The van der Waals surface area contributed by atoms with Crippen molar-refractivity contribution in [2.45, 2.75) is 37.8 Å². The van der Waals surface area contributed by atoms with E-state index in [2.05, 4.69) is 5.32 Å². The van der Waals surface area contributed by atoms with Gasteiger partial charge in [0.05, 0.1) is 6.61 Å². The Balaban J connectivity index is 0.00000120. The van der Waals surface area contributed by atoms with Crippen LogP contribution in [0.25, 0.3) is 0 Å². The maximum atomic E-state index is 13.4. The molecule has 0 radical (unpaired) electrons. The predicted octanol–water partition coefficient (Wildman–Crippen LogP) is 3.16. The third-order valence-electron chi connectivity index (χ3n) is 3.88. The summed E-state index contributed by atoms with van der Waals surface area (Å²) in [4.78, 5) is 0. The highest BCUT2D eigenvalue weighted by atomic mass is 35.5. The van der Waals surface area contributed by atoms with Gasteiger partial charge < -0.3 is 10.1 Å². The molecule has 2 nitrogen and oxygen atoms in total. The van der Waals surface area contributed by atoms with E-state index in [4.69, 9.17) is 4.74 Å². The molecule has 1 aromatic carbocycles. The van der Waals surface area contributed by atoms with Crippen LogP contribution in [0, 0.1) is 11.7 Å². The lowest BCUT2D eigenvalue weighted by Gasteiger charge is -2.28. The second kappa shape index (κ2) is 5.89. The molecule has 0 spiro atoms. The lowest BCUT2D eigenvalue weighted by Crippen LogP contribution is -2.39. The van der Waals surface area contributed by atoms with Crippen molar-refractivity contribution < 1.29 is 9.13 Å². The summed E-state index contributed by atoms with van der Waals surface area (Å²) in [7, 11) is 0. The molecule has 0 aromatic heterocycles. The summed E-state index contributed by atoms with van der Waals surface area (Å²) >= 11 is 0. The third kappa shape index (κ3) is 2.96. The minimum absolute atomic E-state index is 0. The minimum Gasteiger partial charge on any atom is -0.490 e. The molecular weight excluding hydrogens is 253 g/mol. The van der Waals surface area contributed by atoms with Gasteiger partial charge in [-0.2, -0.15) is 0 Å². The number of piperidine rings is 1. The second-order valence-electron chi connectivity index (χ2n) is 5.22. The summed E-state index contributed by atoms with van der Waals surface area (Å²) in [6, 6.07) is 7.98. The van der Waals surface area contributed by atoms with Crippen LogP contribution in [0.15, 0.2) is 24.3 Å². The molecule has 18 heavy (non-hydrogen) atoms. The summed E-state index contributed by atoms with van der Waals surface area (Å²) < 4.78 is 19.0. The van der Waals surface area contributed by atoms with Crippen LogP contribution in [-0.4, -0.2) is 18.7 Å². The number of ether oxygens (including phenoxy) is 1. The normalized spacial score (nSPS) is 29.7. The highest BCUT2D eigenvalue weighted by molar-refractivity contribution is 5.85. The highest BCUT2D eigenvalue weighted by Crippen LogP contribution is 2.31. The molecule has 3 atom stereocenters. The number of nitrogens with one attached hydrogen (secondary N) is 1. The van der Waals surface area contributed by atoms with Crippen LogP contribution >= 0.6 is 12.4 Å². The van der Waals surface area contributed by atoms with E-state index in [1.54, 1.807) is 12.1 Å². The molecule has 2 heterocycles. The van der Waals surface area contributed by atoms with Crippen LogP contribution in [0.5, 0.6) is 5.75 Å². The molecule has 3 rings (SSSR count). The van der Waals surface area contributed by atoms with Gasteiger partial charge in [-0.1, -0.05) is 12.1 Å². The van der Waals surface area contributed by atoms with Crippen LogP contribution in [0.2, 0.25) is 0 Å². The molecule has 2 fully saturated rings. The lowest BCUT2D eigenvalue weighted by atomic mass is 9.93. The highest BCUT2D eigenvalue weighted by Gasteiger charge is 2.33. The third-order valence-corrected chi connectivity index (χ3v) is 3.88. The minimum atomic E-state index is -0.260. The van der Waals surface area contributed by atoms with E-state index in [-0.39, 0.29) is 18.2 Å². The van der Waals surface area contributed by atoms with Gasteiger partial charge in [-0.05, 0) is 43.7 Å². The van der Waals surface area contributed by atoms with Crippen LogP contribution in [0.3, 0.4) is 0 Å². The fraction of sp³-hybridized carbons (Fsp3) is 0.571. The molecule has 1 N–H and O–H groups in total. The van der Waals surface area contributed by atoms with E-state index in [1.165, 1.54) is 31.7 Å². The van der Waals surface area contributed by atoms with Crippen molar-refractivity contribution >= 4 is 12.4 Å². The Hall–Kier alpha value is -0.800. The number of hydrogen-bond acceptors (Lipinski definition) is 2. The first-order valence-electron chi connectivity index (χ1n) is 6.44. The SMILES string of the molecule is Cl.Fc1ccccc1OCC1C[C@H]2CC[C@@H](C1)N2. The van der Waals surface area contributed by atoms with Gasteiger partial charge in [0.25, 0.3) is 0 Å². The fourth-order valence-corrected chi connectivity index (χ4v) is 3.08. The Morgan fingerprint density at radius 3 is 2.50 bits per heavy atom. The topological polar surface area (TPSA) is 21.3 Å². The van der Waals surface area contributed by atoms with Crippen LogP contribution in [-0.2, 0) is 0 Å². The fourth-order valence-electron chi connectivity index (χ4n) is 3.08. The van der Waals surface area contributed by atoms with Crippen molar-refractivity contribution in [3.63, 3.8) is 0 Å². The van der Waals surface area contributed by atoms with Gasteiger partial charge in [-0.25, -0.2) is 4.39 Å². The number of fused-ring (bicyclic) bond motifs is 2. The number of para-hydroxylation sites is 1. The van der Waals surface area contributed by atoms with E-state index in [0.717, 1.165) is 0 Å². The van der Waals surface area contributed by atoms with E-state index in [1.807, 2.05) is 6.07 Å². The number of benzene rings is 1. The summed E-state index contributed by atoms with van der Waals surface area (Å²) in [6.45, 7) is 0.648. The predicted molar refractivity (Wildman–Crippen MR) is 71.8 cm³/mol. The molecule has 2 bridgehead atoms. The first kappa shape index (κ1) is 13.6. The molecule has 100 valence electrons. The van der Waals surface area contributed by atoms with Crippen molar-refractivity contribution in [3.05, 3.63) is 30.1 Å². The van der Waals surface area contributed by atoms with Crippen molar-refractivity contribution in [2.75, 3.05) is 6.61 Å². The molecule has 1 unspecified atom stereocenters. The molecular formula is C14H19ClFNO. The van der Waals surface area contributed by atoms with Gasteiger partial charge in [-0.3, -0.25) is 0 Å². The maximum absolute atomic E-state index is 13.4. The smallest absolute Gasteiger partial charge is 0.165 e. The van der Waals surface area contributed by atoms with Gasteiger partial charge in [0.2, 0.25) is 0 Å². The van der Waals surface area contributed by atoms with E-state index < -0.39 is 0 Å². The number of hydrogen-bond donors (Lipinski definition) is 1. The van der Waals surface area contributed by atoms with Crippen molar-refractivity contribution in [1.82, 2.24) is 5.32 Å². The Labute approximate surface area is 113 Å². The van der Waals surface area contributed by atoms with Crippen LogP contribution in [0.4, 0.5) is 4.39 Å². The van der Waals surface area contributed by atoms with Crippen LogP contribution in [0.1, 0.15) is 25.7 Å². The first-order valence-corrected chi connectivity index (χ1v) is 6.44. The molecule has 2 aliphatic rings. The molecule has 0 amide bonds. The number of halogens is 2. The second-order valence-corrected chi connectivity index (χ2v) is 5.22. The largest absolute Gasteiger partial charge is 0.490 e. The molecule has 4 heteroatoms. The molecule has 0 aliphatic carbocycles. The van der Waals surface area contributed by atoms with E-state index in [0.29, 0.717) is 30.4 Å². The zero-order chi connectivity index (χ0) is 11.7. The van der Waals surface area contributed by atoms with Gasteiger partial charge in [0, 0.05) is 12.1 Å². The Kier molecular flexibility index (Phi) is 4.46. The average molecular weight is 272 g/mol. The first-order chi connectivity index (χ1) is 8.31. The van der Waals surface area contributed by atoms with E-state index >= 15 is 0 Å². The van der Waals surface area contributed by atoms with Crippen LogP contribution < -0.4 is 10.1 Å². The Bertz CT molecular complexity index is 389. The zero-order valence-electron chi connectivity index (χ0n) is 10.3. The van der Waals surface area contributed by atoms with Gasteiger partial charge in [0.1, 0.15) is 0 Å². The maximum Gasteiger partial charge on any atom is 0.165 e. The zero-order valence-corrected chi connectivity index (χ0v) is 11.1. The quantitative estimate of drug-likeness (QED) is 0.912. The van der Waals surface area contributed by atoms with Gasteiger partial charge >= 0.3 is 0 Å².